The standard InChI is InChI=1S/C15H20ClN3O2S/c1-18-6-4-12(15(18)21)19-7-2-10(3-8-19)17-14(20)13-11(16)5-9-22-13/h5,9-10,12H,2-4,6-8H2,1H3,(H,17,20)/t12-/m0/s1. The van der Waals surface area contributed by atoms with Gasteiger partial charge in [-0.1, -0.05) is 11.6 Å². The monoisotopic (exact) mass is 341 g/mol. The zero-order chi connectivity index (χ0) is 15.7. The third-order valence-electron chi connectivity index (χ3n) is 4.53. The van der Waals surface area contributed by atoms with Crippen LogP contribution in [0.4, 0.5) is 0 Å². The molecule has 120 valence electrons. The average molecular weight is 342 g/mol. The second kappa shape index (κ2) is 6.56. The summed E-state index contributed by atoms with van der Waals surface area (Å²) in [6.07, 6.45) is 2.67. The van der Waals surface area contributed by atoms with Gasteiger partial charge in [0.05, 0.1) is 11.1 Å². The first-order chi connectivity index (χ1) is 10.6. The molecule has 2 amide bonds. The van der Waals surface area contributed by atoms with E-state index in [1.54, 1.807) is 11.0 Å². The number of nitrogens with zero attached hydrogens (tertiary/aromatic N) is 2. The van der Waals surface area contributed by atoms with E-state index < -0.39 is 0 Å². The molecule has 0 spiro atoms. The minimum Gasteiger partial charge on any atom is -0.348 e. The number of rotatable bonds is 3. The minimum atomic E-state index is -0.0878. The van der Waals surface area contributed by atoms with Crippen LogP contribution in [-0.4, -0.2) is 60.4 Å². The van der Waals surface area contributed by atoms with E-state index in [1.165, 1.54) is 11.3 Å². The van der Waals surface area contributed by atoms with Gasteiger partial charge in [-0.3, -0.25) is 14.5 Å². The van der Waals surface area contributed by atoms with Gasteiger partial charge in [0.1, 0.15) is 4.88 Å². The quantitative estimate of drug-likeness (QED) is 0.912. The van der Waals surface area contributed by atoms with Gasteiger partial charge in [-0.25, -0.2) is 0 Å². The molecule has 0 aromatic carbocycles. The number of nitrogens with one attached hydrogen (secondary N) is 1. The van der Waals surface area contributed by atoms with E-state index in [4.69, 9.17) is 11.6 Å². The molecule has 2 aliphatic rings. The number of hydrogen-bond donors (Lipinski definition) is 1. The molecule has 1 aromatic heterocycles. The Morgan fingerprint density at radius 2 is 2.05 bits per heavy atom. The zero-order valence-electron chi connectivity index (χ0n) is 12.5. The van der Waals surface area contributed by atoms with Gasteiger partial charge < -0.3 is 10.2 Å². The number of hydrogen-bond acceptors (Lipinski definition) is 4. The number of likely N-dealkylation sites (N-methyl/N-ethyl adjacent to an activating group) is 1. The van der Waals surface area contributed by atoms with Crippen molar-refractivity contribution in [3.05, 3.63) is 21.3 Å². The van der Waals surface area contributed by atoms with Gasteiger partial charge in [-0.2, -0.15) is 0 Å². The largest absolute Gasteiger partial charge is 0.348 e. The number of likely N-dealkylation sites (tertiary alicyclic amines) is 2. The highest BCUT2D eigenvalue weighted by atomic mass is 35.5. The third kappa shape index (κ3) is 3.14. The maximum absolute atomic E-state index is 12.2. The predicted octanol–water partition coefficient (Wildman–Crippen LogP) is 1.83. The fraction of sp³-hybridized carbons (Fsp3) is 0.600. The van der Waals surface area contributed by atoms with Crippen molar-refractivity contribution in [1.82, 2.24) is 15.1 Å². The molecule has 0 radical (unpaired) electrons. The normalized spacial score (nSPS) is 24.0. The van der Waals surface area contributed by atoms with Crippen LogP contribution in [0.2, 0.25) is 5.02 Å². The van der Waals surface area contributed by atoms with Gasteiger partial charge in [0.25, 0.3) is 5.91 Å². The first kappa shape index (κ1) is 15.8. The summed E-state index contributed by atoms with van der Waals surface area (Å²) in [5.41, 5.74) is 0. The molecular formula is C15H20ClN3O2S. The first-order valence-corrected chi connectivity index (χ1v) is 8.85. The maximum Gasteiger partial charge on any atom is 0.263 e. The molecule has 5 nitrogen and oxygen atoms in total. The Bertz CT molecular complexity index is 569. The van der Waals surface area contributed by atoms with E-state index in [0.29, 0.717) is 9.90 Å². The molecular weight excluding hydrogens is 322 g/mol. The fourth-order valence-electron chi connectivity index (χ4n) is 3.20. The van der Waals surface area contributed by atoms with Crippen LogP contribution >= 0.6 is 22.9 Å². The van der Waals surface area contributed by atoms with Crippen molar-refractivity contribution >= 4 is 34.8 Å². The van der Waals surface area contributed by atoms with Crippen LogP contribution in [0.3, 0.4) is 0 Å². The van der Waals surface area contributed by atoms with E-state index >= 15 is 0 Å². The lowest BCUT2D eigenvalue weighted by Gasteiger charge is -2.35. The Kier molecular flexibility index (Phi) is 4.70. The lowest BCUT2D eigenvalue weighted by molar-refractivity contribution is -0.131. The van der Waals surface area contributed by atoms with E-state index in [0.717, 1.165) is 38.9 Å². The minimum absolute atomic E-state index is 0.0355. The van der Waals surface area contributed by atoms with Gasteiger partial charge in [-0.15, -0.1) is 11.3 Å². The van der Waals surface area contributed by atoms with Gasteiger partial charge in [0, 0.05) is 32.7 Å². The second-order valence-electron chi connectivity index (χ2n) is 5.95. The van der Waals surface area contributed by atoms with E-state index in [2.05, 4.69) is 10.2 Å². The van der Waals surface area contributed by atoms with E-state index in [9.17, 15) is 9.59 Å². The Hall–Kier alpha value is -1.11. The lowest BCUT2D eigenvalue weighted by atomic mass is 10.0. The molecule has 0 saturated carbocycles. The Balaban J connectivity index is 1.51. The van der Waals surface area contributed by atoms with Crippen molar-refractivity contribution < 1.29 is 9.59 Å². The Morgan fingerprint density at radius 3 is 2.59 bits per heavy atom. The average Bonchev–Trinajstić information content (AvgIpc) is 3.07. The summed E-state index contributed by atoms with van der Waals surface area (Å²) in [5, 5.41) is 5.39. The molecule has 1 atom stereocenters. The van der Waals surface area contributed by atoms with Crippen LogP contribution in [-0.2, 0) is 4.79 Å². The van der Waals surface area contributed by atoms with Gasteiger partial charge in [0.15, 0.2) is 0 Å². The van der Waals surface area contributed by atoms with Crippen LogP contribution in [0.1, 0.15) is 28.9 Å². The molecule has 0 unspecified atom stereocenters. The third-order valence-corrected chi connectivity index (χ3v) is 5.87. The van der Waals surface area contributed by atoms with Crippen molar-refractivity contribution in [2.24, 2.45) is 0 Å². The fourth-order valence-corrected chi connectivity index (χ4v) is 4.25. The Morgan fingerprint density at radius 1 is 1.32 bits per heavy atom. The highest BCUT2D eigenvalue weighted by Crippen LogP contribution is 2.24. The topological polar surface area (TPSA) is 52.6 Å². The summed E-state index contributed by atoms with van der Waals surface area (Å²) >= 11 is 7.35. The van der Waals surface area contributed by atoms with Gasteiger partial charge >= 0.3 is 0 Å². The molecule has 0 aliphatic carbocycles. The van der Waals surface area contributed by atoms with Crippen molar-refractivity contribution in [3.8, 4) is 0 Å². The summed E-state index contributed by atoms with van der Waals surface area (Å²) in [7, 11) is 1.86. The molecule has 2 saturated heterocycles. The summed E-state index contributed by atoms with van der Waals surface area (Å²) in [6.45, 7) is 2.55. The predicted molar refractivity (Wildman–Crippen MR) is 87.4 cm³/mol. The summed E-state index contributed by atoms with van der Waals surface area (Å²) in [4.78, 5) is 28.9. The van der Waals surface area contributed by atoms with E-state index in [1.807, 2.05) is 12.4 Å². The molecule has 3 rings (SSSR count). The zero-order valence-corrected chi connectivity index (χ0v) is 14.1. The molecule has 0 bridgehead atoms. The van der Waals surface area contributed by atoms with Crippen molar-refractivity contribution in [2.45, 2.75) is 31.3 Å². The van der Waals surface area contributed by atoms with E-state index in [-0.39, 0.29) is 23.9 Å². The van der Waals surface area contributed by atoms with Crippen LogP contribution < -0.4 is 5.32 Å². The number of piperidine rings is 1. The molecule has 1 N–H and O–H groups in total. The van der Waals surface area contributed by atoms with Gasteiger partial charge in [-0.05, 0) is 30.7 Å². The molecule has 1 aromatic rings. The molecule has 2 aliphatic heterocycles. The summed E-state index contributed by atoms with van der Waals surface area (Å²) in [6, 6.07) is 1.94. The summed E-state index contributed by atoms with van der Waals surface area (Å²) < 4.78 is 0. The number of carbonyl (C=O) groups excluding carboxylic acids is 2. The first-order valence-electron chi connectivity index (χ1n) is 7.59. The molecule has 2 fully saturated rings. The number of carbonyl (C=O) groups is 2. The number of halogens is 1. The molecule has 22 heavy (non-hydrogen) atoms. The second-order valence-corrected chi connectivity index (χ2v) is 7.27. The van der Waals surface area contributed by atoms with Crippen molar-refractivity contribution in [3.63, 3.8) is 0 Å². The molecule has 7 heteroatoms. The number of thiophene rings is 1. The van der Waals surface area contributed by atoms with Crippen LogP contribution in [0.5, 0.6) is 0 Å². The highest BCUT2D eigenvalue weighted by molar-refractivity contribution is 7.12. The Labute approximate surface area is 139 Å². The van der Waals surface area contributed by atoms with Crippen LogP contribution in [0.15, 0.2) is 11.4 Å². The van der Waals surface area contributed by atoms with Crippen molar-refractivity contribution in [1.29, 1.82) is 0 Å². The lowest BCUT2D eigenvalue weighted by Crippen LogP contribution is -2.49. The number of amides is 2. The van der Waals surface area contributed by atoms with Gasteiger partial charge in [0.2, 0.25) is 5.91 Å². The maximum atomic E-state index is 12.2. The summed E-state index contributed by atoms with van der Waals surface area (Å²) in [5.74, 6) is 0.142. The SMILES string of the molecule is CN1CC[C@H](N2CCC(NC(=O)c3sccc3Cl)CC2)C1=O. The van der Waals surface area contributed by atoms with Crippen LogP contribution in [0.25, 0.3) is 0 Å². The van der Waals surface area contributed by atoms with Crippen molar-refractivity contribution in [2.75, 3.05) is 26.7 Å². The smallest absolute Gasteiger partial charge is 0.263 e. The van der Waals surface area contributed by atoms with Crippen LogP contribution in [0, 0.1) is 0 Å². The molecule has 3 heterocycles. The highest BCUT2D eigenvalue weighted by Gasteiger charge is 2.35.